The maximum absolute atomic E-state index is 12.2. The van der Waals surface area contributed by atoms with Crippen molar-refractivity contribution in [2.24, 2.45) is 0 Å². The molecule has 0 atom stereocenters. The summed E-state index contributed by atoms with van der Waals surface area (Å²) in [7, 11) is -3.62. The van der Waals surface area contributed by atoms with Crippen molar-refractivity contribution in [3.05, 3.63) is 41.3 Å². The number of thiophene rings is 1. The Balaban J connectivity index is 2.13. The van der Waals surface area contributed by atoms with Gasteiger partial charge in [-0.15, -0.1) is 11.3 Å². The van der Waals surface area contributed by atoms with Gasteiger partial charge in [-0.3, -0.25) is 4.72 Å². The summed E-state index contributed by atoms with van der Waals surface area (Å²) in [5, 5.41) is 8.99. The van der Waals surface area contributed by atoms with Crippen LogP contribution in [0.1, 0.15) is 18.7 Å². The number of hydrogen-bond donors (Lipinski definition) is 2. The van der Waals surface area contributed by atoms with Crippen LogP contribution in [0.3, 0.4) is 0 Å². The molecule has 0 aliphatic heterocycles. The molecule has 0 aliphatic carbocycles. The average Bonchev–Trinajstić information content (AvgIpc) is 2.90. The third-order valence-electron chi connectivity index (χ3n) is 2.54. The Morgan fingerprint density at radius 2 is 1.86 bits per heavy atom. The summed E-state index contributed by atoms with van der Waals surface area (Å²) in [6.07, 6.45) is 0.0653. The van der Waals surface area contributed by atoms with Crippen molar-refractivity contribution in [3.63, 3.8) is 0 Å². The molecule has 7 heteroatoms. The van der Waals surface area contributed by atoms with E-state index in [9.17, 15) is 8.42 Å². The summed E-state index contributed by atoms with van der Waals surface area (Å²) in [4.78, 5) is 0.607. The van der Waals surface area contributed by atoms with E-state index in [-0.39, 0.29) is 16.9 Å². The number of aliphatic hydroxyl groups excluding tert-OH is 1. The number of nitrogens with one attached hydrogen (secondary N) is 1. The standard InChI is InChI=1S/C14H17NO4S2/c1-10(2)19-12-5-3-11(4-6-12)15-21(17,18)14-8-7-13(9-16)20-14/h3-8,10,15-16H,9H2,1-2H3. The number of ether oxygens (including phenoxy) is 1. The molecular weight excluding hydrogens is 310 g/mol. The van der Waals surface area contributed by atoms with Gasteiger partial charge in [0, 0.05) is 10.6 Å². The minimum absolute atomic E-state index is 0.0653. The molecule has 1 aromatic heterocycles. The summed E-state index contributed by atoms with van der Waals surface area (Å²) < 4.78 is 32.5. The van der Waals surface area contributed by atoms with Gasteiger partial charge in [0.05, 0.1) is 12.7 Å². The van der Waals surface area contributed by atoms with Crippen LogP contribution in [0, 0.1) is 0 Å². The van der Waals surface area contributed by atoms with Crippen LogP contribution in [-0.4, -0.2) is 19.6 Å². The smallest absolute Gasteiger partial charge is 0.271 e. The largest absolute Gasteiger partial charge is 0.491 e. The highest BCUT2D eigenvalue weighted by Gasteiger charge is 2.16. The molecule has 1 heterocycles. The molecule has 2 N–H and O–H groups in total. The Bertz CT molecular complexity index is 690. The fourth-order valence-electron chi connectivity index (χ4n) is 1.67. The molecule has 2 rings (SSSR count). The van der Waals surface area contributed by atoms with Crippen LogP contribution in [0.25, 0.3) is 0 Å². The molecule has 0 saturated heterocycles. The maximum atomic E-state index is 12.2. The van der Waals surface area contributed by atoms with Crippen LogP contribution >= 0.6 is 11.3 Å². The van der Waals surface area contributed by atoms with Crippen LogP contribution in [0.4, 0.5) is 5.69 Å². The SMILES string of the molecule is CC(C)Oc1ccc(NS(=O)(=O)c2ccc(CO)s2)cc1. The molecule has 0 bridgehead atoms. The highest BCUT2D eigenvalue weighted by atomic mass is 32.2. The number of sulfonamides is 1. The van der Waals surface area contributed by atoms with Gasteiger partial charge < -0.3 is 9.84 Å². The topological polar surface area (TPSA) is 75.6 Å². The number of benzene rings is 1. The van der Waals surface area contributed by atoms with E-state index in [1.54, 1.807) is 30.3 Å². The lowest BCUT2D eigenvalue weighted by Gasteiger charge is -2.11. The number of anilines is 1. The van der Waals surface area contributed by atoms with Gasteiger partial charge in [0.1, 0.15) is 9.96 Å². The zero-order valence-corrected chi connectivity index (χ0v) is 13.4. The third kappa shape index (κ3) is 4.20. The van der Waals surface area contributed by atoms with Crippen molar-refractivity contribution in [2.45, 2.75) is 30.8 Å². The van der Waals surface area contributed by atoms with E-state index in [1.165, 1.54) is 6.07 Å². The molecule has 0 unspecified atom stereocenters. The summed E-state index contributed by atoms with van der Waals surface area (Å²) in [6.45, 7) is 3.68. The Morgan fingerprint density at radius 1 is 1.19 bits per heavy atom. The van der Waals surface area contributed by atoms with Crippen LogP contribution < -0.4 is 9.46 Å². The van der Waals surface area contributed by atoms with E-state index < -0.39 is 10.0 Å². The van der Waals surface area contributed by atoms with Gasteiger partial charge in [0.15, 0.2) is 0 Å². The van der Waals surface area contributed by atoms with Crippen LogP contribution in [0.15, 0.2) is 40.6 Å². The first-order valence-corrected chi connectivity index (χ1v) is 8.70. The summed E-state index contributed by atoms with van der Waals surface area (Å²) >= 11 is 1.05. The first-order chi connectivity index (χ1) is 9.90. The van der Waals surface area contributed by atoms with Gasteiger partial charge in [-0.05, 0) is 50.2 Å². The second-order valence-corrected chi connectivity index (χ2v) is 7.75. The molecule has 2 aromatic rings. The summed E-state index contributed by atoms with van der Waals surface area (Å²) in [5.41, 5.74) is 0.463. The minimum Gasteiger partial charge on any atom is -0.491 e. The lowest BCUT2D eigenvalue weighted by atomic mass is 10.3. The van der Waals surface area contributed by atoms with Crippen molar-refractivity contribution < 1.29 is 18.3 Å². The third-order valence-corrected chi connectivity index (χ3v) is 5.48. The molecule has 114 valence electrons. The monoisotopic (exact) mass is 327 g/mol. The Kier molecular flexibility index (Phi) is 4.87. The lowest BCUT2D eigenvalue weighted by molar-refractivity contribution is 0.242. The highest BCUT2D eigenvalue weighted by molar-refractivity contribution is 7.94. The molecular formula is C14H17NO4S2. The number of aliphatic hydroxyl groups is 1. The van der Waals surface area contributed by atoms with Gasteiger partial charge in [0.25, 0.3) is 10.0 Å². The van der Waals surface area contributed by atoms with Gasteiger partial charge in [-0.2, -0.15) is 0 Å². The van der Waals surface area contributed by atoms with E-state index in [4.69, 9.17) is 9.84 Å². The van der Waals surface area contributed by atoms with Gasteiger partial charge in [-0.1, -0.05) is 0 Å². The van der Waals surface area contributed by atoms with E-state index in [1.807, 2.05) is 13.8 Å². The number of hydrogen-bond acceptors (Lipinski definition) is 5. The molecule has 21 heavy (non-hydrogen) atoms. The van der Waals surface area contributed by atoms with Gasteiger partial charge in [-0.25, -0.2) is 8.42 Å². The highest BCUT2D eigenvalue weighted by Crippen LogP contribution is 2.25. The zero-order chi connectivity index (χ0) is 15.5. The van der Waals surface area contributed by atoms with Crippen LogP contribution in [-0.2, 0) is 16.6 Å². The molecule has 0 amide bonds. The van der Waals surface area contributed by atoms with Crippen LogP contribution in [0.2, 0.25) is 0 Å². The Morgan fingerprint density at radius 3 is 2.38 bits per heavy atom. The molecule has 0 saturated carbocycles. The molecule has 1 aromatic carbocycles. The van der Waals surface area contributed by atoms with Crippen molar-refractivity contribution >= 4 is 27.0 Å². The first-order valence-electron chi connectivity index (χ1n) is 6.40. The van der Waals surface area contributed by atoms with E-state index in [0.29, 0.717) is 16.3 Å². The van der Waals surface area contributed by atoms with Crippen molar-refractivity contribution in [3.8, 4) is 5.75 Å². The molecule has 0 aliphatic rings. The minimum atomic E-state index is -3.62. The fraction of sp³-hybridized carbons (Fsp3) is 0.286. The second-order valence-electron chi connectivity index (χ2n) is 4.68. The van der Waals surface area contributed by atoms with Crippen molar-refractivity contribution in [2.75, 3.05) is 4.72 Å². The second kappa shape index (κ2) is 6.46. The Labute approximate surface area is 128 Å². The van der Waals surface area contributed by atoms with Crippen molar-refractivity contribution in [1.82, 2.24) is 0 Å². The fourth-order valence-corrected chi connectivity index (χ4v) is 3.94. The predicted octanol–water partition coefficient (Wildman–Crippen LogP) is 2.83. The lowest BCUT2D eigenvalue weighted by Crippen LogP contribution is -2.11. The van der Waals surface area contributed by atoms with E-state index >= 15 is 0 Å². The zero-order valence-electron chi connectivity index (χ0n) is 11.7. The molecule has 0 radical (unpaired) electrons. The van der Waals surface area contributed by atoms with Crippen LogP contribution in [0.5, 0.6) is 5.75 Å². The quantitative estimate of drug-likeness (QED) is 0.855. The molecule has 5 nitrogen and oxygen atoms in total. The summed E-state index contributed by atoms with van der Waals surface area (Å²) in [6, 6.07) is 9.80. The maximum Gasteiger partial charge on any atom is 0.271 e. The van der Waals surface area contributed by atoms with Crippen molar-refractivity contribution in [1.29, 1.82) is 0 Å². The normalized spacial score (nSPS) is 11.6. The van der Waals surface area contributed by atoms with E-state index in [2.05, 4.69) is 4.72 Å². The van der Waals surface area contributed by atoms with Gasteiger partial charge in [0.2, 0.25) is 0 Å². The first kappa shape index (κ1) is 15.8. The predicted molar refractivity (Wildman–Crippen MR) is 83.3 cm³/mol. The molecule has 0 spiro atoms. The Hall–Kier alpha value is -1.57. The molecule has 0 fully saturated rings. The number of rotatable bonds is 6. The summed E-state index contributed by atoms with van der Waals surface area (Å²) in [5.74, 6) is 0.687. The average molecular weight is 327 g/mol. The van der Waals surface area contributed by atoms with Gasteiger partial charge >= 0.3 is 0 Å². The van der Waals surface area contributed by atoms with E-state index in [0.717, 1.165) is 11.3 Å².